The van der Waals surface area contributed by atoms with Crippen molar-refractivity contribution in [2.75, 3.05) is 5.75 Å². The number of hydrogen-bond acceptors (Lipinski definition) is 4. The molecule has 0 spiro atoms. The molecule has 1 aromatic heterocycles. The second-order valence-corrected chi connectivity index (χ2v) is 6.53. The predicted molar refractivity (Wildman–Crippen MR) is 92.9 cm³/mol. The summed E-state index contributed by atoms with van der Waals surface area (Å²) in [6.45, 7) is 0. The van der Waals surface area contributed by atoms with Crippen molar-refractivity contribution in [3.05, 3.63) is 59.1 Å². The van der Waals surface area contributed by atoms with Gasteiger partial charge in [-0.05, 0) is 24.3 Å². The Labute approximate surface area is 145 Å². The molecule has 0 fully saturated rings. The number of para-hydroxylation sites is 1. The first kappa shape index (κ1) is 15.8. The number of rotatable bonds is 5. The third-order valence-corrected chi connectivity index (χ3v) is 4.46. The number of aromatic nitrogens is 3. The molecule has 1 heterocycles. The number of hydrogen-bond donors (Lipinski definition) is 1. The van der Waals surface area contributed by atoms with Gasteiger partial charge in [0.1, 0.15) is 0 Å². The largest absolute Gasteiger partial charge is 0.481 e. The Hall–Kier alpha value is -2.12. The summed E-state index contributed by atoms with van der Waals surface area (Å²) in [5.41, 5.74) is 1.79. The van der Waals surface area contributed by atoms with Gasteiger partial charge in [0.05, 0.1) is 5.75 Å². The van der Waals surface area contributed by atoms with Gasteiger partial charge < -0.3 is 5.11 Å². The number of carboxylic acid groups (broad SMARTS) is 1. The minimum atomic E-state index is -0.887. The van der Waals surface area contributed by atoms with Crippen LogP contribution in [0.2, 0.25) is 0 Å². The van der Waals surface area contributed by atoms with Crippen LogP contribution in [-0.4, -0.2) is 31.6 Å². The van der Waals surface area contributed by atoms with Gasteiger partial charge >= 0.3 is 5.97 Å². The number of carbonyl (C=O) groups is 1. The maximum atomic E-state index is 10.9. The number of halogens is 1. The third kappa shape index (κ3) is 3.62. The zero-order valence-electron chi connectivity index (χ0n) is 11.9. The van der Waals surface area contributed by atoms with E-state index in [0.29, 0.717) is 11.0 Å². The standard InChI is InChI=1S/C16H12BrN3O2S/c17-12-6-4-5-11(9-12)15-18-19-16(23-10-14(21)22)20(15)13-7-2-1-3-8-13/h1-9H,10H2,(H,21,22). The average molecular weight is 390 g/mol. The fraction of sp³-hybridized carbons (Fsp3) is 0.0625. The molecule has 5 nitrogen and oxygen atoms in total. The lowest BCUT2D eigenvalue weighted by atomic mass is 10.2. The van der Waals surface area contributed by atoms with Gasteiger partial charge in [-0.1, -0.05) is 58.0 Å². The maximum Gasteiger partial charge on any atom is 0.313 e. The van der Waals surface area contributed by atoms with Crippen LogP contribution in [-0.2, 0) is 4.79 Å². The van der Waals surface area contributed by atoms with Crippen molar-refractivity contribution in [1.29, 1.82) is 0 Å². The highest BCUT2D eigenvalue weighted by atomic mass is 79.9. The molecule has 3 aromatic rings. The van der Waals surface area contributed by atoms with Crippen LogP contribution < -0.4 is 0 Å². The first-order chi connectivity index (χ1) is 11.1. The minimum absolute atomic E-state index is 0.0660. The van der Waals surface area contributed by atoms with Gasteiger partial charge in [0.2, 0.25) is 0 Å². The third-order valence-electron chi connectivity index (χ3n) is 3.06. The highest BCUT2D eigenvalue weighted by Gasteiger charge is 2.17. The molecular formula is C16H12BrN3O2S. The van der Waals surface area contributed by atoms with Gasteiger partial charge in [0.25, 0.3) is 0 Å². The second kappa shape index (κ2) is 6.97. The second-order valence-electron chi connectivity index (χ2n) is 4.67. The Kier molecular flexibility index (Phi) is 4.78. The molecule has 7 heteroatoms. The van der Waals surface area contributed by atoms with Gasteiger partial charge in [-0.3, -0.25) is 9.36 Å². The molecule has 0 atom stereocenters. The predicted octanol–water partition coefficient (Wildman–Crippen LogP) is 3.87. The highest BCUT2D eigenvalue weighted by Crippen LogP contribution is 2.29. The number of thioether (sulfide) groups is 1. The Morgan fingerprint density at radius 1 is 1.13 bits per heavy atom. The SMILES string of the molecule is O=C(O)CSc1nnc(-c2cccc(Br)c2)n1-c1ccccc1. The summed E-state index contributed by atoms with van der Waals surface area (Å²) < 4.78 is 2.81. The smallest absolute Gasteiger partial charge is 0.313 e. The van der Waals surface area contributed by atoms with Gasteiger partial charge in [-0.2, -0.15) is 0 Å². The molecule has 0 saturated carbocycles. The van der Waals surface area contributed by atoms with Crippen LogP contribution in [0.5, 0.6) is 0 Å². The van der Waals surface area contributed by atoms with E-state index < -0.39 is 5.97 Å². The molecule has 116 valence electrons. The Balaban J connectivity index is 2.11. The van der Waals surface area contributed by atoms with Crippen molar-refractivity contribution in [3.63, 3.8) is 0 Å². The molecule has 0 bridgehead atoms. The molecule has 3 rings (SSSR count). The van der Waals surface area contributed by atoms with Crippen LogP contribution in [0.1, 0.15) is 0 Å². The van der Waals surface area contributed by atoms with Gasteiger partial charge in [-0.25, -0.2) is 0 Å². The average Bonchev–Trinajstić information content (AvgIpc) is 2.97. The van der Waals surface area contributed by atoms with Crippen LogP contribution >= 0.6 is 27.7 Å². The molecule has 0 aliphatic rings. The van der Waals surface area contributed by atoms with Crippen LogP contribution in [0.25, 0.3) is 17.1 Å². The van der Waals surface area contributed by atoms with E-state index in [1.54, 1.807) is 0 Å². The summed E-state index contributed by atoms with van der Waals surface area (Å²) in [6.07, 6.45) is 0. The summed E-state index contributed by atoms with van der Waals surface area (Å²) in [5, 5.41) is 17.9. The molecule has 0 radical (unpaired) electrons. The Morgan fingerprint density at radius 3 is 2.61 bits per heavy atom. The Morgan fingerprint density at radius 2 is 1.91 bits per heavy atom. The van der Waals surface area contributed by atoms with Crippen molar-refractivity contribution in [1.82, 2.24) is 14.8 Å². The van der Waals surface area contributed by atoms with E-state index in [4.69, 9.17) is 5.11 Å². The molecular weight excluding hydrogens is 378 g/mol. The minimum Gasteiger partial charge on any atom is -0.481 e. The molecule has 0 unspecified atom stereocenters. The first-order valence-electron chi connectivity index (χ1n) is 6.76. The monoisotopic (exact) mass is 389 g/mol. The molecule has 2 aromatic carbocycles. The van der Waals surface area contributed by atoms with Crippen molar-refractivity contribution >= 4 is 33.7 Å². The zero-order valence-corrected chi connectivity index (χ0v) is 14.3. The van der Waals surface area contributed by atoms with E-state index >= 15 is 0 Å². The van der Waals surface area contributed by atoms with E-state index in [9.17, 15) is 4.79 Å². The quantitative estimate of drug-likeness (QED) is 0.670. The van der Waals surface area contributed by atoms with E-state index in [0.717, 1.165) is 27.5 Å². The van der Waals surface area contributed by atoms with Crippen molar-refractivity contribution in [2.45, 2.75) is 5.16 Å². The van der Waals surface area contributed by atoms with E-state index in [1.165, 1.54) is 0 Å². The number of benzene rings is 2. The van der Waals surface area contributed by atoms with Crippen LogP contribution in [0, 0.1) is 0 Å². The van der Waals surface area contributed by atoms with Gasteiger partial charge in [0.15, 0.2) is 11.0 Å². The summed E-state index contributed by atoms with van der Waals surface area (Å²) >= 11 is 4.60. The van der Waals surface area contributed by atoms with E-state index in [1.807, 2.05) is 59.2 Å². The molecule has 1 N–H and O–H groups in total. The Bertz CT molecular complexity index is 836. The number of nitrogens with zero attached hydrogens (tertiary/aromatic N) is 3. The lowest BCUT2D eigenvalue weighted by molar-refractivity contribution is -0.133. The van der Waals surface area contributed by atoms with E-state index in [-0.39, 0.29) is 5.75 Å². The van der Waals surface area contributed by atoms with Crippen molar-refractivity contribution in [3.8, 4) is 17.1 Å². The highest BCUT2D eigenvalue weighted by molar-refractivity contribution is 9.10. The van der Waals surface area contributed by atoms with Crippen molar-refractivity contribution in [2.24, 2.45) is 0 Å². The normalized spacial score (nSPS) is 10.7. The maximum absolute atomic E-state index is 10.9. The van der Waals surface area contributed by atoms with Crippen LogP contribution in [0.3, 0.4) is 0 Å². The van der Waals surface area contributed by atoms with Crippen LogP contribution in [0.15, 0.2) is 64.2 Å². The fourth-order valence-electron chi connectivity index (χ4n) is 2.11. The lowest BCUT2D eigenvalue weighted by Crippen LogP contribution is -2.03. The molecule has 23 heavy (non-hydrogen) atoms. The summed E-state index contributed by atoms with van der Waals surface area (Å²) in [6, 6.07) is 17.4. The summed E-state index contributed by atoms with van der Waals surface area (Å²) in [4.78, 5) is 10.9. The van der Waals surface area contributed by atoms with E-state index in [2.05, 4.69) is 26.1 Å². The summed E-state index contributed by atoms with van der Waals surface area (Å²) in [7, 11) is 0. The first-order valence-corrected chi connectivity index (χ1v) is 8.54. The fourth-order valence-corrected chi connectivity index (χ4v) is 3.19. The molecule has 0 amide bonds. The number of aliphatic carboxylic acids is 1. The molecule has 0 saturated heterocycles. The lowest BCUT2D eigenvalue weighted by Gasteiger charge is -2.10. The summed E-state index contributed by atoms with van der Waals surface area (Å²) in [5.74, 6) is -0.282. The van der Waals surface area contributed by atoms with Crippen LogP contribution in [0.4, 0.5) is 0 Å². The molecule has 0 aliphatic heterocycles. The van der Waals surface area contributed by atoms with Crippen molar-refractivity contribution < 1.29 is 9.90 Å². The van der Waals surface area contributed by atoms with Gasteiger partial charge in [-0.15, -0.1) is 10.2 Å². The topological polar surface area (TPSA) is 68.0 Å². The number of carboxylic acids is 1. The zero-order chi connectivity index (χ0) is 16.2. The molecule has 0 aliphatic carbocycles. The van der Waals surface area contributed by atoms with Gasteiger partial charge in [0, 0.05) is 15.7 Å².